The molecular formula is C17H14BrFN4O. The molecule has 7 heteroatoms. The van der Waals surface area contributed by atoms with Gasteiger partial charge in [-0.25, -0.2) is 9.37 Å². The van der Waals surface area contributed by atoms with E-state index in [0.29, 0.717) is 42.0 Å². The van der Waals surface area contributed by atoms with E-state index in [9.17, 15) is 9.18 Å². The first kappa shape index (κ1) is 16.4. The molecule has 1 fully saturated rings. The number of carbonyl (C=O) groups is 1. The van der Waals surface area contributed by atoms with Crippen LogP contribution in [0.15, 0.2) is 41.0 Å². The molecule has 0 spiro atoms. The van der Waals surface area contributed by atoms with Gasteiger partial charge in [-0.2, -0.15) is 5.26 Å². The van der Waals surface area contributed by atoms with Crippen molar-refractivity contribution in [2.45, 2.75) is 0 Å². The lowest BCUT2D eigenvalue weighted by Crippen LogP contribution is -2.49. The van der Waals surface area contributed by atoms with Gasteiger partial charge in [0.15, 0.2) is 0 Å². The summed E-state index contributed by atoms with van der Waals surface area (Å²) in [6.07, 6.45) is 1.64. The Labute approximate surface area is 147 Å². The van der Waals surface area contributed by atoms with Crippen LogP contribution < -0.4 is 4.90 Å². The summed E-state index contributed by atoms with van der Waals surface area (Å²) in [5, 5.41) is 9.16. The van der Waals surface area contributed by atoms with E-state index in [4.69, 9.17) is 5.26 Å². The molecule has 0 N–H and O–H groups in total. The van der Waals surface area contributed by atoms with Gasteiger partial charge in [-0.15, -0.1) is 0 Å². The lowest BCUT2D eigenvalue weighted by atomic mass is 10.1. The summed E-state index contributed by atoms with van der Waals surface area (Å²) in [7, 11) is 0. The highest BCUT2D eigenvalue weighted by Crippen LogP contribution is 2.20. The zero-order valence-electron chi connectivity index (χ0n) is 12.7. The number of piperazine rings is 1. The Balaban J connectivity index is 1.71. The molecule has 1 aliphatic rings. The topological polar surface area (TPSA) is 60.2 Å². The third-order valence-electron chi connectivity index (χ3n) is 3.94. The third-order valence-corrected chi connectivity index (χ3v) is 4.43. The average molecular weight is 389 g/mol. The van der Waals surface area contributed by atoms with Gasteiger partial charge in [0.25, 0.3) is 5.91 Å². The highest BCUT2D eigenvalue weighted by atomic mass is 79.9. The van der Waals surface area contributed by atoms with Crippen molar-refractivity contribution in [3.63, 3.8) is 0 Å². The Kier molecular flexibility index (Phi) is 4.76. The molecule has 2 aromatic rings. The minimum absolute atomic E-state index is 0.0715. The fourth-order valence-corrected chi connectivity index (χ4v) is 3.02. The van der Waals surface area contributed by atoms with Gasteiger partial charge in [0, 0.05) is 36.8 Å². The Morgan fingerprint density at radius 2 is 2.00 bits per heavy atom. The molecule has 3 rings (SSSR count). The highest BCUT2D eigenvalue weighted by molar-refractivity contribution is 9.10. The summed E-state index contributed by atoms with van der Waals surface area (Å²) in [5.74, 6) is -0.226. The monoisotopic (exact) mass is 388 g/mol. The zero-order valence-corrected chi connectivity index (χ0v) is 14.3. The number of aromatic nitrogens is 1. The van der Waals surface area contributed by atoms with E-state index in [2.05, 4.69) is 27.0 Å². The second-order valence-electron chi connectivity index (χ2n) is 5.39. The number of carbonyl (C=O) groups excluding carboxylic acids is 1. The number of hydrogen-bond donors (Lipinski definition) is 0. The van der Waals surface area contributed by atoms with E-state index in [1.54, 1.807) is 29.3 Å². The molecule has 0 saturated carbocycles. The first-order chi connectivity index (χ1) is 11.6. The molecule has 5 nitrogen and oxygen atoms in total. The standard InChI is InChI=1S/C17H14BrFN4O/c18-13-3-4-14(15(19)10-13)17(24)23-8-6-22(7-9-23)16-12(11-20)2-1-5-21-16/h1-5,10H,6-9H2. The first-order valence-electron chi connectivity index (χ1n) is 7.44. The van der Waals surface area contributed by atoms with Crippen molar-refractivity contribution in [3.05, 3.63) is 57.9 Å². The number of benzene rings is 1. The summed E-state index contributed by atoms with van der Waals surface area (Å²) in [6.45, 7) is 2.01. The van der Waals surface area contributed by atoms with Crippen LogP contribution >= 0.6 is 15.9 Å². The van der Waals surface area contributed by atoms with Gasteiger partial charge in [0.1, 0.15) is 17.7 Å². The van der Waals surface area contributed by atoms with Gasteiger partial charge in [-0.1, -0.05) is 15.9 Å². The quantitative estimate of drug-likeness (QED) is 0.793. The maximum absolute atomic E-state index is 14.0. The van der Waals surface area contributed by atoms with Crippen LogP contribution in [-0.4, -0.2) is 42.0 Å². The van der Waals surface area contributed by atoms with Crippen molar-refractivity contribution >= 4 is 27.7 Å². The van der Waals surface area contributed by atoms with Gasteiger partial charge >= 0.3 is 0 Å². The third kappa shape index (κ3) is 3.24. The summed E-state index contributed by atoms with van der Waals surface area (Å²) in [4.78, 5) is 20.3. The Morgan fingerprint density at radius 3 is 2.67 bits per heavy atom. The lowest BCUT2D eigenvalue weighted by molar-refractivity contribution is 0.0742. The van der Waals surface area contributed by atoms with E-state index in [-0.39, 0.29) is 11.5 Å². The van der Waals surface area contributed by atoms with Gasteiger partial charge in [-0.05, 0) is 30.3 Å². The average Bonchev–Trinajstić information content (AvgIpc) is 2.61. The van der Waals surface area contributed by atoms with Crippen LogP contribution in [0.4, 0.5) is 10.2 Å². The molecule has 122 valence electrons. The van der Waals surface area contributed by atoms with Gasteiger partial charge < -0.3 is 9.80 Å². The predicted octanol–water partition coefficient (Wildman–Crippen LogP) is 2.82. The predicted molar refractivity (Wildman–Crippen MR) is 91.2 cm³/mol. The van der Waals surface area contributed by atoms with E-state index in [1.807, 2.05) is 4.90 Å². The molecule has 24 heavy (non-hydrogen) atoms. The van der Waals surface area contributed by atoms with Crippen LogP contribution in [0.2, 0.25) is 0 Å². The van der Waals surface area contributed by atoms with Crippen molar-refractivity contribution < 1.29 is 9.18 Å². The van der Waals surface area contributed by atoms with E-state index >= 15 is 0 Å². The summed E-state index contributed by atoms with van der Waals surface area (Å²) >= 11 is 3.18. The maximum Gasteiger partial charge on any atom is 0.256 e. The van der Waals surface area contributed by atoms with Gasteiger partial charge in [-0.3, -0.25) is 4.79 Å². The molecule has 0 aliphatic carbocycles. The normalized spacial score (nSPS) is 14.4. The summed E-state index contributed by atoms with van der Waals surface area (Å²) in [5.41, 5.74) is 0.582. The molecule has 1 amide bonds. The molecule has 1 saturated heterocycles. The maximum atomic E-state index is 14.0. The molecule has 0 atom stereocenters. The molecule has 0 unspecified atom stereocenters. The van der Waals surface area contributed by atoms with Crippen LogP contribution in [0.5, 0.6) is 0 Å². The van der Waals surface area contributed by atoms with E-state index in [1.165, 1.54) is 12.1 Å². The van der Waals surface area contributed by atoms with Crippen LogP contribution in [0.25, 0.3) is 0 Å². The van der Waals surface area contributed by atoms with Crippen molar-refractivity contribution in [3.8, 4) is 6.07 Å². The fourth-order valence-electron chi connectivity index (χ4n) is 2.69. The van der Waals surface area contributed by atoms with Crippen molar-refractivity contribution in [2.75, 3.05) is 31.1 Å². The van der Waals surface area contributed by atoms with Crippen LogP contribution in [0.1, 0.15) is 15.9 Å². The number of pyridine rings is 1. The van der Waals surface area contributed by atoms with Crippen molar-refractivity contribution in [1.82, 2.24) is 9.88 Å². The number of nitriles is 1. The van der Waals surface area contributed by atoms with Crippen LogP contribution in [0, 0.1) is 17.1 Å². The zero-order chi connectivity index (χ0) is 17.1. The fraction of sp³-hybridized carbons (Fsp3) is 0.235. The Hall–Kier alpha value is -2.46. The summed E-state index contributed by atoms with van der Waals surface area (Å²) in [6, 6.07) is 9.99. The highest BCUT2D eigenvalue weighted by Gasteiger charge is 2.25. The largest absolute Gasteiger partial charge is 0.352 e. The number of rotatable bonds is 2. The minimum Gasteiger partial charge on any atom is -0.352 e. The molecule has 0 bridgehead atoms. The number of anilines is 1. The smallest absolute Gasteiger partial charge is 0.256 e. The molecule has 2 heterocycles. The van der Waals surface area contributed by atoms with Crippen molar-refractivity contribution in [2.24, 2.45) is 0 Å². The Morgan fingerprint density at radius 1 is 1.25 bits per heavy atom. The number of hydrogen-bond acceptors (Lipinski definition) is 4. The summed E-state index contributed by atoms with van der Waals surface area (Å²) < 4.78 is 14.6. The van der Waals surface area contributed by atoms with E-state index in [0.717, 1.165) is 0 Å². The second kappa shape index (κ2) is 6.97. The van der Waals surface area contributed by atoms with Gasteiger partial charge in [0.2, 0.25) is 0 Å². The second-order valence-corrected chi connectivity index (χ2v) is 6.31. The Bertz CT molecular complexity index is 812. The number of nitrogens with zero attached hydrogens (tertiary/aromatic N) is 4. The van der Waals surface area contributed by atoms with Gasteiger partial charge in [0.05, 0.1) is 11.1 Å². The molecule has 1 aliphatic heterocycles. The SMILES string of the molecule is N#Cc1cccnc1N1CCN(C(=O)c2ccc(Br)cc2F)CC1. The lowest BCUT2D eigenvalue weighted by Gasteiger charge is -2.35. The molecule has 0 radical (unpaired) electrons. The van der Waals surface area contributed by atoms with Crippen molar-refractivity contribution in [1.29, 1.82) is 5.26 Å². The van der Waals surface area contributed by atoms with Crippen LogP contribution in [0.3, 0.4) is 0 Å². The molecule has 1 aromatic heterocycles. The minimum atomic E-state index is -0.534. The molecule has 1 aromatic carbocycles. The number of halogens is 2. The van der Waals surface area contributed by atoms with Crippen LogP contribution in [-0.2, 0) is 0 Å². The molecular weight excluding hydrogens is 375 g/mol. The van der Waals surface area contributed by atoms with E-state index < -0.39 is 5.82 Å². The number of amides is 1. The first-order valence-corrected chi connectivity index (χ1v) is 8.24.